The van der Waals surface area contributed by atoms with Crippen LogP contribution in [0, 0.1) is 0 Å². The molecular weight excluding hydrogens is 326 g/mol. The predicted octanol–water partition coefficient (Wildman–Crippen LogP) is 2.51. The number of aromatic nitrogens is 3. The number of hydrogen-bond acceptors (Lipinski definition) is 4. The number of nitrogens with zero attached hydrogens (tertiary/aromatic N) is 5. The maximum atomic E-state index is 13.0. The van der Waals surface area contributed by atoms with Crippen LogP contribution in [0.25, 0.3) is 11.4 Å². The van der Waals surface area contributed by atoms with Gasteiger partial charge in [0.1, 0.15) is 5.82 Å². The Morgan fingerprint density at radius 2 is 1.62 bits per heavy atom. The summed E-state index contributed by atoms with van der Waals surface area (Å²) in [4.78, 5) is 17.0. The number of para-hydroxylation sites is 2. The second-order valence-electron chi connectivity index (χ2n) is 6.50. The molecule has 0 saturated heterocycles. The van der Waals surface area contributed by atoms with Crippen LogP contribution in [0.4, 0.5) is 11.4 Å². The molecule has 0 radical (unpaired) electrons. The van der Waals surface area contributed by atoms with Gasteiger partial charge in [0.05, 0.1) is 17.8 Å². The first-order valence-corrected chi connectivity index (χ1v) is 8.69. The van der Waals surface area contributed by atoms with E-state index >= 15 is 0 Å². The first-order chi connectivity index (χ1) is 12.6. The summed E-state index contributed by atoms with van der Waals surface area (Å²) >= 11 is 0. The van der Waals surface area contributed by atoms with Gasteiger partial charge in [-0.3, -0.25) is 4.79 Å². The summed E-state index contributed by atoms with van der Waals surface area (Å²) in [6.07, 6.45) is 0.231. The summed E-state index contributed by atoms with van der Waals surface area (Å²) in [5.41, 5.74) is 3.03. The lowest BCUT2D eigenvalue weighted by atomic mass is 10.1. The summed E-state index contributed by atoms with van der Waals surface area (Å²) in [6, 6.07) is 17.9. The highest BCUT2D eigenvalue weighted by atomic mass is 16.2. The molecule has 1 aliphatic heterocycles. The molecule has 0 saturated carbocycles. The van der Waals surface area contributed by atoms with Crippen LogP contribution in [0.3, 0.4) is 0 Å². The molecule has 4 rings (SSSR count). The Labute approximate surface area is 152 Å². The Morgan fingerprint density at radius 3 is 2.38 bits per heavy atom. The second kappa shape index (κ2) is 6.63. The third kappa shape index (κ3) is 2.83. The number of carbonyl (C=O) groups is 1. The zero-order valence-corrected chi connectivity index (χ0v) is 15.0. The lowest BCUT2D eigenvalue weighted by Gasteiger charge is -2.35. The first-order valence-electron chi connectivity index (χ1n) is 8.69. The predicted molar refractivity (Wildman–Crippen MR) is 102 cm³/mol. The van der Waals surface area contributed by atoms with Gasteiger partial charge in [-0.25, -0.2) is 0 Å². The largest absolute Gasteiger partial charge is 0.371 e. The standard InChI is InChI=1S/C20H21N5O/c1-23-12-13-25(17-11-7-6-10-16(17)23)19(26)14-18-21-22-20(24(18)2)15-8-4-3-5-9-15/h3-11H,12-14H2,1-2H3. The van der Waals surface area contributed by atoms with Gasteiger partial charge >= 0.3 is 0 Å². The summed E-state index contributed by atoms with van der Waals surface area (Å²) in [5.74, 6) is 1.48. The third-order valence-corrected chi connectivity index (χ3v) is 4.85. The summed E-state index contributed by atoms with van der Waals surface area (Å²) in [7, 11) is 3.96. The van der Waals surface area contributed by atoms with E-state index in [1.807, 2.05) is 71.1 Å². The molecule has 0 bridgehead atoms. The molecule has 6 heteroatoms. The number of anilines is 2. The van der Waals surface area contributed by atoms with Crippen LogP contribution in [0.15, 0.2) is 54.6 Å². The molecule has 2 heterocycles. The van der Waals surface area contributed by atoms with E-state index in [9.17, 15) is 4.79 Å². The van der Waals surface area contributed by atoms with Crippen molar-refractivity contribution in [2.75, 3.05) is 29.9 Å². The molecule has 26 heavy (non-hydrogen) atoms. The number of carbonyl (C=O) groups excluding carboxylic acids is 1. The van der Waals surface area contributed by atoms with Crippen molar-refractivity contribution in [3.63, 3.8) is 0 Å². The molecular formula is C20H21N5O. The molecule has 1 amide bonds. The van der Waals surface area contributed by atoms with Gasteiger partial charge in [-0.05, 0) is 12.1 Å². The van der Waals surface area contributed by atoms with Gasteiger partial charge in [-0.2, -0.15) is 0 Å². The zero-order valence-electron chi connectivity index (χ0n) is 15.0. The van der Waals surface area contributed by atoms with Crippen molar-refractivity contribution in [1.82, 2.24) is 14.8 Å². The molecule has 0 aliphatic carbocycles. The first kappa shape index (κ1) is 16.3. The fourth-order valence-electron chi connectivity index (χ4n) is 3.35. The molecule has 0 fully saturated rings. The molecule has 1 aliphatic rings. The van der Waals surface area contributed by atoms with Gasteiger partial charge in [0.25, 0.3) is 0 Å². The van der Waals surface area contributed by atoms with Crippen molar-refractivity contribution in [3.05, 3.63) is 60.4 Å². The van der Waals surface area contributed by atoms with Gasteiger partial charge < -0.3 is 14.4 Å². The van der Waals surface area contributed by atoms with E-state index in [1.54, 1.807) is 0 Å². The van der Waals surface area contributed by atoms with E-state index < -0.39 is 0 Å². The van der Waals surface area contributed by atoms with Crippen molar-refractivity contribution in [1.29, 1.82) is 0 Å². The number of amides is 1. The summed E-state index contributed by atoms with van der Waals surface area (Å²) in [5, 5.41) is 8.53. The van der Waals surface area contributed by atoms with Crippen molar-refractivity contribution >= 4 is 17.3 Å². The van der Waals surface area contributed by atoms with Crippen LogP contribution in [-0.2, 0) is 18.3 Å². The number of hydrogen-bond donors (Lipinski definition) is 0. The molecule has 2 aromatic carbocycles. The molecule has 132 valence electrons. The SMILES string of the molecule is CN1CCN(C(=O)Cc2nnc(-c3ccccc3)n2C)c2ccccc21. The second-order valence-corrected chi connectivity index (χ2v) is 6.50. The average Bonchev–Trinajstić information content (AvgIpc) is 3.03. The van der Waals surface area contributed by atoms with Crippen LogP contribution in [0.1, 0.15) is 5.82 Å². The Kier molecular flexibility index (Phi) is 4.16. The van der Waals surface area contributed by atoms with E-state index in [1.165, 1.54) is 0 Å². The summed E-state index contributed by atoms with van der Waals surface area (Å²) in [6.45, 7) is 1.49. The maximum Gasteiger partial charge on any atom is 0.234 e. The number of fused-ring (bicyclic) bond motifs is 1. The monoisotopic (exact) mass is 347 g/mol. The Hall–Kier alpha value is -3.15. The maximum absolute atomic E-state index is 13.0. The molecule has 1 aromatic heterocycles. The summed E-state index contributed by atoms with van der Waals surface area (Å²) < 4.78 is 1.90. The van der Waals surface area contributed by atoms with E-state index in [-0.39, 0.29) is 12.3 Å². The highest BCUT2D eigenvalue weighted by Gasteiger charge is 2.26. The van der Waals surface area contributed by atoms with E-state index in [2.05, 4.69) is 22.1 Å². The zero-order chi connectivity index (χ0) is 18.1. The highest BCUT2D eigenvalue weighted by Crippen LogP contribution is 2.32. The van der Waals surface area contributed by atoms with Crippen LogP contribution in [-0.4, -0.2) is 40.8 Å². The molecule has 0 spiro atoms. The Bertz CT molecular complexity index is 934. The minimum atomic E-state index is 0.0423. The molecule has 3 aromatic rings. The van der Waals surface area contributed by atoms with Gasteiger partial charge in [-0.1, -0.05) is 42.5 Å². The average molecular weight is 347 g/mol. The molecule has 0 atom stereocenters. The molecule has 6 nitrogen and oxygen atoms in total. The van der Waals surface area contributed by atoms with E-state index in [4.69, 9.17) is 0 Å². The third-order valence-electron chi connectivity index (χ3n) is 4.85. The fourth-order valence-corrected chi connectivity index (χ4v) is 3.35. The van der Waals surface area contributed by atoms with Crippen molar-refractivity contribution in [2.45, 2.75) is 6.42 Å². The minimum Gasteiger partial charge on any atom is -0.371 e. The number of benzene rings is 2. The van der Waals surface area contributed by atoms with E-state index in [0.717, 1.165) is 29.3 Å². The van der Waals surface area contributed by atoms with Crippen LogP contribution in [0.5, 0.6) is 0 Å². The number of rotatable bonds is 3. The van der Waals surface area contributed by atoms with Crippen molar-refractivity contribution in [3.8, 4) is 11.4 Å². The van der Waals surface area contributed by atoms with Crippen LogP contribution >= 0.6 is 0 Å². The molecule has 0 N–H and O–H groups in total. The Morgan fingerprint density at radius 1 is 0.923 bits per heavy atom. The minimum absolute atomic E-state index is 0.0423. The van der Waals surface area contributed by atoms with Crippen LogP contribution in [0.2, 0.25) is 0 Å². The van der Waals surface area contributed by atoms with Gasteiger partial charge in [0.2, 0.25) is 5.91 Å². The van der Waals surface area contributed by atoms with Gasteiger partial charge in [0, 0.05) is 32.7 Å². The topological polar surface area (TPSA) is 54.3 Å². The quantitative estimate of drug-likeness (QED) is 0.730. The fraction of sp³-hybridized carbons (Fsp3) is 0.250. The van der Waals surface area contributed by atoms with Crippen LogP contribution < -0.4 is 9.80 Å². The Balaban J connectivity index is 1.58. The van der Waals surface area contributed by atoms with Gasteiger partial charge in [-0.15, -0.1) is 10.2 Å². The highest BCUT2D eigenvalue weighted by molar-refractivity contribution is 5.98. The van der Waals surface area contributed by atoms with E-state index in [0.29, 0.717) is 12.4 Å². The molecule has 0 unspecified atom stereocenters. The number of likely N-dealkylation sites (N-methyl/N-ethyl adjacent to an activating group) is 1. The van der Waals surface area contributed by atoms with Crippen molar-refractivity contribution < 1.29 is 4.79 Å². The smallest absolute Gasteiger partial charge is 0.234 e. The normalized spacial score (nSPS) is 13.6. The lowest BCUT2D eigenvalue weighted by molar-refractivity contribution is -0.118. The van der Waals surface area contributed by atoms with Crippen molar-refractivity contribution in [2.24, 2.45) is 7.05 Å². The van der Waals surface area contributed by atoms with Gasteiger partial charge in [0.15, 0.2) is 5.82 Å². The lowest BCUT2D eigenvalue weighted by Crippen LogP contribution is -2.43.